The van der Waals surface area contributed by atoms with Gasteiger partial charge in [-0.1, -0.05) is 125 Å². The molecule has 2 aliphatic heterocycles. The lowest BCUT2D eigenvalue weighted by Crippen LogP contribution is -2.63. The predicted octanol–water partition coefficient (Wildman–Crippen LogP) is 8.43. The van der Waals surface area contributed by atoms with E-state index in [4.69, 9.17) is 42.6 Å². The van der Waals surface area contributed by atoms with Gasteiger partial charge in [-0.3, -0.25) is 0 Å². The summed E-state index contributed by atoms with van der Waals surface area (Å²) in [7, 11) is 0. The summed E-state index contributed by atoms with van der Waals surface area (Å²) < 4.78 is 58.6. The maximum Gasteiger partial charge on any atom is 0.175 e. The average Bonchev–Trinajstić information content (AvgIpc) is 3.07. The van der Waals surface area contributed by atoms with Gasteiger partial charge in [0.15, 0.2) is 12.6 Å². The van der Waals surface area contributed by atoms with E-state index in [-0.39, 0.29) is 44.5 Å². The van der Waals surface area contributed by atoms with Crippen LogP contribution in [0.3, 0.4) is 0 Å². The molecule has 47 heavy (non-hydrogen) atoms. The van der Waals surface area contributed by atoms with Gasteiger partial charge >= 0.3 is 0 Å². The van der Waals surface area contributed by atoms with Gasteiger partial charge in [-0.05, 0) is 38.5 Å². The Bertz CT molecular complexity index is 681. The monoisotopic (exact) mass is 898 g/mol. The van der Waals surface area contributed by atoms with Crippen LogP contribution in [0, 0.1) is 0 Å². The highest BCUT2D eigenvalue weighted by molar-refractivity contribution is 14.1. The smallest absolute Gasteiger partial charge is 0.175 e. The summed E-state index contributed by atoms with van der Waals surface area (Å²) in [5.74, 6) is 0. The van der Waals surface area contributed by atoms with Crippen LogP contribution in [0.1, 0.15) is 119 Å². The number of unbranched alkanes of at least 4 members (excludes halogenated alkanes) is 6. The summed E-state index contributed by atoms with van der Waals surface area (Å²) in [5.41, 5.74) is 0. The zero-order valence-electron chi connectivity index (χ0n) is 30.3. The van der Waals surface area contributed by atoms with E-state index >= 15 is 0 Å². The molecule has 0 aromatic rings. The second-order valence-electron chi connectivity index (χ2n) is 12.7. The van der Waals surface area contributed by atoms with Crippen molar-refractivity contribution in [3.8, 4) is 0 Å². The van der Waals surface area contributed by atoms with E-state index in [0.717, 1.165) is 77.0 Å². The second kappa shape index (κ2) is 27.7. The van der Waals surface area contributed by atoms with Crippen molar-refractivity contribution in [1.82, 2.24) is 0 Å². The van der Waals surface area contributed by atoms with Crippen LogP contribution in [0.2, 0.25) is 0 Å². The fraction of sp³-hybridized carbons (Fsp3) is 1.00. The molecule has 0 amide bonds. The summed E-state index contributed by atoms with van der Waals surface area (Å²) >= 11 is 4.87. The van der Waals surface area contributed by atoms with E-state index in [1.165, 1.54) is 0 Å². The Labute approximate surface area is 314 Å². The molecule has 280 valence electrons. The molecule has 2 fully saturated rings. The van der Waals surface area contributed by atoms with E-state index in [1.54, 1.807) is 0 Å². The number of halogens is 2. The van der Waals surface area contributed by atoms with Gasteiger partial charge in [-0.15, -0.1) is 0 Å². The lowest BCUT2D eigenvalue weighted by atomic mass is 9.99. The lowest BCUT2D eigenvalue weighted by molar-refractivity contribution is -0.336. The van der Waals surface area contributed by atoms with Crippen LogP contribution < -0.4 is 0 Å². The summed E-state index contributed by atoms with van der Waals surface area (Å²) in [6.45, 7) is 18.0. The van der Waals surface area contributed by atoms with Gasteiger partial charge in [0.1, 0.15) is 36.6 Å². The van der Waals surface area contributed by atoms with Crippen LogP contribution in [0.15, 0.2) is 0 Å². The highest BCUT2D eigenvalue weighted by atomic mass is 127. The summed E-state index contributed by atoms with van der Waals surface area (Å²) in [6, 6.07) is 0. The molecule has 10 atom stereocenters. The summed E-state index contributed by atoms with van der Waals surface area (Å²) in [4.78, 5) is 0. The SMILES string of the molecule is CCCCOCC1O[C@H](O[C@H]2OC(COCCCC)[C@@H](OCCCC)C(OCCCC)C2I)C(I)C(OCCCC)[C@@H]1OCCCC. The van der Waals surface area contributed by atoms with Crippen molar-refractivity contribution < 1.29 is 42.6 Å². The molecule has 11 heteroatoms. The van der Waals surface area contributed by atoms with Crippen LogP contribution in [-0.2, 0) is 42.6 Å². The first-order valence-electron chi connectivity index (χ1n) is 18.8. The van der Waals surface area contributed by atoms with Crippen LogP contribution >= 0.6 is 45.2 Å². The molecule has 0 spiro atoms. The molecule has 2 heterocycles. The largest absolute Gasteiger partial charge is 0.379 e. The van der Waals surface area contributed by atoms with Crippen LogP contribution in [0.25, 0.3) is 0 Å². The summed E-state index contributed by atoms with van der Waals surface area (Å²) in [6.07, 6.45) is 9.69. The minimum atomic E-state index is -0.578. The highest BCUT2D eigenvalue weighted by Gasteiger charge is 2.52. The molecule has 0 bridgehead atoms. The Kier molecular flexibility index (Phi) is 26.1. The minimum absolute atomic E-state index is 0.118. The molecule has 0 saturated carbocycles. The number of hydrogen-bond donors (Lipinski definition) is 0. The third-order valence-electron chi connectivity index (χ3n) is 8.50. The number of alkyl halides is 2. The van der Waals surface area contributed by atoms with Gasteiger partial charge in [-0.25, -0.2) is 0 Å². The predicted molar refractivity (Wildman–Crippen MR) is 204 cm³/mol. The lowest BCUT2D eigenvalue weighted by Gasteiger charge is -2.48. The Morgan fingerprint density at radius 1 is 0.426 bits per heavy atom. The Hall–Kier alpha value is 1.10. The van der Waals surface area contributed by atoms with Crippen molar-refractivity contribution >= 4 is 45.2 Å². The van der Waals surface area contributed by atoms with E-state index in [9.17, 15) is 0 Å². The molecule has 2 aliphatic rings. The van der Waals surface area contributed by atoms with Gasteiger partial charge in [0.25, 0.3) is 0 Å². The van der Waals surface area contributed by atoms with Gasteiger partial charge in [0.05, 0.1) is 21.1 Å². The molecule has 0 radical (unpaired) electrons. The molecular weight excluding hydrogens is 830 g/mol. The summed E-state index contributed by atoms with van der Waals surface area (Å²) in [5, 5.41) is 0. The standard InChI is InChI=1S/C36H68I2O9/c1-7-13-19-39-25-27-31(41-21-15-9-3)33(43-23-17-11-5)29(37)35(45-27)47-36-30(38)34(44-24-18-12-6)32(42-22-16-10-4)28(46-36)26-40-20-14-8-2/h27-36H,7-26H2,1-6H3/t27?,28?,29?,30?,31-,32-,33?,34?,35-,36-/m1/s1. The van der Waals surface area contributed by atoms with Crippen LogP contribution in [0.5, 0.6) is 0 Å². The van der Waals surface area contributed by atoms with Crippen molar-refractivity contribution in [2.75, 3.05) is 52.9 Å². The Morgan fingerprint density at radius 2 is 0.723 bits per heavy atom. The third-order valence-corrected chi connectivity index (χ3v) is 11.1. The van der Waals surface area contributed by atoms with E-state index in [0.29, 0.717) is 52.9 Å². The van der Waals surface area contributed by atoms with E-state index in [2.05, 4.69) is 86.7 Å². The highest BCUT2D eigenvalue weighted by Crippen LogP contribution is 2.37. The first kappa shape index (κ1) is 44.3. The minimum Gasteiger partial charge on any atom is -0.379 e. The van der Waals surface area contributed by atoms with Gasteiger partial charge in [0.2, 0.25) is 0 Å². The Morgan fingerprint density at radius 3 is 1.04 bits per heavy atom. The molecule has 9 nitrogen and oxygen atoms in total. The number of rotatable bonds is 28. The van der Waals surface area contributed by atoms with E-state index < -0.39 is 12.6 Å². The molecular formula is C36H68I2O9. The topological polar surface area (TPSA) is 83.1 Å². The van der Waals surface area contributed by atoms with Gasteiger partial charge < -0.3 is 42.6 Å². The van der Waals surface area contributed by atoms with Gasteiger partial charge in [0, 0.05) is 39.6 Å². The first-order valence-corrected chi connectivity index (χ1v) is 21.3. The first-order chi connectivity index (χ1) is 23.0. The normalized spacial score (nSPS) is 31.4. The van der Waals surface area contributed by atoms with Crippen LogP contribution in [-0.4, -0.2) is 110 Å². The molecule has 0 aliphatic carbocycles. The average molecular weight is 899 g/mol. The molecule has 0 N–H and O–H groups in total. The van der Waals surface area contributed by atoms with Crippen LogP contribution in [0.4, 0.5) is 0 Å². The van der Waals surface area contributed by atoms with Crippen molar-refractivity contribution in [3.05, 3.63) is 0 Å². The van der Waals surface area contributed by atoms with Crippen molar-refractivity contribution in [2.45, 2.75) is 176 Å². The zero-order valence-corrected chi connectivity index (χ0v) is 34.7. The van der Waals surface area contributed by atoms with Gasteiger partial charge in [-0.2, -0.15) is 0 Å². The molecule has 0 aromatic heterocycles. The maximum atomic E-state index is 6.85. The molecule has 0 aromatic carbocycles. The number of ether oxygens (including phenoxy) is 9. The Balaban J connectivity index is 2.33. The molecule has 6 unspecified atom stereocenters. The molecule has 2 saturated heterocycles. The maximum absolute atomic E-state index is 6.85. The fourth-order valence-electron chi connectivity index (χ4n) is 5.48. The number of hydrogen-bond acceptors (Lipinski definition) is 9. The quantitative estimate of drug-likeness (QED) is 0.0437. The van der Waals surface area contributed by atoms with E-state index in [1.807, 2.05) is 0 Å². The zero-order chi connectivity index (χ0) is 34.3. The van der Waals surface area contributed by atoms with Crippen molar-refractivity contribution in [1.29, 1.82) is 0 Å². The third kappa shape index (κ3) is 16.1. The fourth-order valence-corrected chi connectivity index (χ4v) is 7.40. The molecule has 2 rings (SSSR count). The van der Waals surface area contributed by atoms with Crippen molar-refractivity contribution in [2.24, 2.45) is 0 Å². The second-order valence-corrected chi connectivity index (χ2v) is 15.6. The van der Waals surface area contributed by atoms with Crippen molar-refractivity contribution in [3.63, 3.8) is 0 Å².